The van der Waals surface area contributed by atoms with Crippen molar-refractivity contribution in [2.24, 2.45) is 53.3 Å². The fourth-order valence-corrected chi connectivity index (χ4v) is 13.0. The molecule has 10 rings (SSSR count). The Balaban J connectivity index is 0.952. The third-order valence-electron chi connectivity index (χ3n) is 13.7. The Hall–Kier alpha value is -1.18. The summed E-state index contributed by atoms with van der Waals surface area (Å²) in [6.45, 7) is 0.346. The van der Waals surface area contributed by atoms with E-state index in [1.807, 2.05) is 0 Å². The molecule has 10 aliphatic rings. The summed E-state index contributed by atoms with van der Waals surface area (Å²) >= 11 is 0. The van der Waals surface area contributed by atoms with Crippen molar-refractivity contribution in [3.63, 3.8) is 0 Å². The van der Waals surface area contributed by atoms with Crippen LogP contribution in [0.4, 0.5) is 0 Å². The first-order valence-electron chi connectivity index (χ1n) is 18.1. The molecule has 7 heteroatoms. The Morgan fingerprint density at radius 2 is 1.16 bits per heavy atom. The Labute approximate surface area is 257 Å². The van der Waals surface area contributed by atoms with Crippen molar-refractivity contribution in [3.8, 4) is 0 Å². The molecule has 0 heterocycles. The highest BCUT2D eigenvalue weighted by molar-refractivity contribution is 5.86. The number of aliphatic hydroxyl groups is 2. The first-order chi connectivity index (χ1) is 20.6. The minimum absolute atomic E-state index is 0.346. The molecule has 7 nitrogen and oxygen atoms in total. The second kappa shape index (κ2) is 11.0. The molecule has 4 unspecified atom stereocenters. The number of hydrogen-bond acceptors (Lipinski definition) is 7. The van der Waals surface area contributed by atoms with E-state index in [9.17, 15) is 19.8 Å². The van der Waals surface area contributed by atoms with E-state index in [-0.39, 0.29) is 12.0 Å². The van der Waals surface area contributed by atoms with Crippen LogP contribution >= 0.6 is 0 Å². The average molecular weight is 599 g/mol. The smallest absolute Gasteiger partial charge is 0.339 e. The molecule has 4 atom stereocenters. The van der Waals surface area contributed by atoms with Gasteiger partial charge in [-0.15, -0.1) is 0 Å². The number of esters is 2. The zero-order valence-electron chi connectivity index (χ0n) is 26.1. The molecule has 0 aliphatic heterocycles. The standard InChI is InChI=1S/C36H54O7/c37-31(41-21-30-5-22-2-1-3-23(4-22)6-30)19-36(40,33(39)43-35-16-27-10-28(17-35)12-29(11-27)18-35)20-32(38)42-34-13-24-7-25(14-34)9-26(8-24)15-34/h22-30,32,38,40H,1-21H2. The van der Waals surface area contributed by atoms with Gasteiger partial charge in [-0.2, -0.15) is 0 Å². The van der Waals surface area contributed by atoms with Gasteiger partial charge in [0.05, 0.1) is 18.6 Å². The summed E-state index contributed by atoms with van der Waals surface area (Å²) in [5.41, 5.74) is -3.10. The summed E-state index contributed by atoms with van der Waals surface area (Å²) in [5, 5.41) is 23.3. The van der Waals surface area contributed by atoms with Crippen LogP contribution in [-0.4, -0.2) is 51.9 Å². The number of carbonyl (C=O) groups is 2. The number of fused-ring (bicyclic) bond motifs is 2. The Morgan fingerprint density at radius 1 is 0.698 bits per heavy atom. The lowest BCUT2D eigenvalue weighted by molar-refractivity contribution is -0.257. The van der Waals surface area contributed by atoms with Gasteiger partial charge in [0, 0.05) is 6.42 Å². The van der Waals surface area contributed by atoms with Crippen LogP contribution < -0.4 is 0 Å². The van der Waals surface area contributed by atoms with Crippen LogP contribution in [0, 0.1) is 53.3 Å². The molecular weight excluding hydrogens is 544 g/mol. The topological polar surface area (TPSA) is 102 Å². The molecule has 0 aromatic carbocycles. The van der Waals surface area contributed by atoms with Gasteiger partial charge < -0.3 is 24.4 Å². The van der Waals surface area contributed by atoms with Gasteiger partial charge in [0.2, 0.25) is 0 Å². The van der Waals surface area contributed by atoms with E-state index in [1.165, 1.54) is 64.2 Å². The van der Waals surface area contributed by atoms with Crippen LogP contribution in [0.5, 0.6) is 0 Å². The fourth-order valence-electron chi connectivity index (χ4n) is 13.0. The van der Waals surface area contributed by atoms with Crippen LogP contribution in [-0.2, 0) is 23.8 Å². The van der Waals surface area contributed by atoms with Gasteiger partial charge in [-0.05, 0) is 150 Å². The van der Waals surface area contributed by atoms with Gasteiger partial charge in [0.15, 0.2) is 11.9 Å². The lowest BCUT2D eigenvalue weighted by Crippen LogP contribution is -2.57. The zero-order valence-corrected chi connectivity index (χ0v) is 26.1. The highest BCUT2D eigenvalue weighted by Gasteiger charge is 2.57. The van der Waals surface area contributed by atoms with Crippen molar-refractivity contribution < 1.29 is 34.0 Å². The molecule has 43 heavy (non-hydrogen) atoms. The van der Waals surface area contributed by atoms with E-state index < -0.39 is 35.9 Å². The molecule has 2 N–H and O–H groups in total. The van der Waals surface area contributed by atoms with Crippen molar-refractivity contribution in [3.05, 3.63) is 0 Å². The van der Waals surface area contributed by atoms with E-state index >= 15 is 0 Å². The molecule has 240 valence electrons. The minimum Gasteiger partial charge on any atom is -0.465 e. The molecule has 0 aromatic rings. The van der Waals surface area contributed by atoms with Gasteiger partial charge >= 0.3 is 11.9 Å². The quantitative estimate of drug-likeness (QED) is 0.232. The van der Waals surface area contributed by atoms with Crippen LogP contribution in [0.1, 0.15) is 128 Å². The molecule has 10 bridgehead atoms. The third-order valence-corrected chi connectivity index (χ3v) is 13.7. The molecule has 10 fully saturated rings. The van der Waals surface area contributed by atoms with E-state index in [1.54, 1.807) is 0 Å². The van der Waals surface area contributed by atoms with E-state index in [0.29, 0.717) is 48.0 Å². The molecule has 10 aliphatic carbocycles. The van der Waals surface area contributed by atoms with Crippen LogP contribution in [0.25, 0.3) is 0 Å². The van der Waals surface area contributed by atoms with E-state index in [0.717, 1.165) is 63.2 Å². The average Bonchev–Trinajstić information content (AvgIpc) is 2.89. The van der Waals surface area contributed by atoms with Gasteiger partial charge in [0.1, 0.15) is 5.60 Å². The summed E-state index contributed by atoms with van der Waals surface area (Å²) in [6.07, 6.45) is 18.0. The van der Waals surface area contributed by atoms with Crippen molar-refractivity contribution in [2.75, 3.05) is 6.61 Å². The van der Waals surface area contributed by atoms with Crippen molar-refractivity contribution in [2.45, 2.75) is 152 Å². The number of carbonyl (C=O) groups excluding carboxylic acids is 2. The first-order valence-corrected chi connectivity index (χ1v) is 18.1. The van der Waals surface area contributed by atoms with Gasteiger partial charge in [-0.1, -0.05) is 19.3 Å². The molecule has 0 saturated heterocycles. The SMILES string of the molecule is O=C(CC(O)(CC(O)OC12CC3CC(CC(C3)C1)C2)C(=O)OC12CC3CC(CC(C3)C1)C2)OCC1CC2CCCC(C2)C1. The monoisotopic (exact) mass is 598 g/mol. The van der Waals surface area contributed by atoms with Crippen molar-refractivity contribution in [1.29, 1.82) is 0 Å². The molecule has 0 aromatic heterocycles. The van der Waals surface area contributed by atoms with E-state index in [4.69, 9.17) is 14.2 Å². The maximum Gasteiger partial charge on any atom is 0.339 e. The first kappa shape index (κ1) is 29.2. The summed E-state index contributed by atoms with van der Waals surface area (Å²) < 4.78 is 18.5. The van der Waals surface area contributed by atoms with E-state index in [2.05, 4.69) is 0 Å². The van der Waals surface area contributed by atoms with Gasteiger partial charge in [-0.25, -0.2) is 4.79 Å². The molecule has 0 spiro atoms. The lowest BCUT2D eigenvalue weighted by Gasteiger charge is -2.57. The number of hydrogen-bond donors (Lipinski definition) is 2. The maximum atomic E-state index is 14.0. The Bertz CT molecular complexity index is 1000. The molecular formula is C36H54O7. The van der Waals surface area contributed by atoms with Crippen molar-refractivity contribution >= 4 is 11.9 Å². The summed E-state index contributed by atoms with van der Waals surface area (Å²) in [4.78, 5) is 27.3. The number of ether oxygens (including phenoxy) is 3. The normalized spacial score (nSPS) is 47.6. The minimum atomic E-state index is -2.18. The van der Waals surface area contributed by atoms with Crippen molar-refractivity contribution in [1.82, 2.24) is 0 Å². The Morgan fingerprint density at radius 3 is 1.67 bits per heavy atom. The zero-order chi connectivity index (χ0) is 29.4. The summed E-state index contributed by atoms with van der Waals surface area (Å²) in [5.74, 6) is 4.15. The third kappa shape index (κ3) is 5.93. The van der Waals surface area contributed by atoms with Gasteiger partial charge in [0.25, 0.3) is 0 Å². The summed E-state index contributed by atoms with van der Waals surface area (Å²) in [6, 6.07) is 0. The highest BCUT2D eigenvalue weighted by Crippen LogP contribution is 2.59. The summed E-state index contributed by atoms with van der Waals surface area (Å²) in [7, 11) is 0. The predicted molar refractivity (Wildman–Crippen MR) is 158 cm³/mol. The highest BCUT2D eigenvalue weighted by atomic mass is 16.6. The van der Waals surface area contributed by atoms with Crippen LogP contribution in [0.3, 0.4) is 0 Å². The number of rotatable bonds is 10. The predicted octanol–water partition coefficient (Wildman–Crippen LogP) is 6.07. The largest absolute Gasteiger partial charge is 0.465 e. The van der Waals surface area contributed by atoms with Gasteiger partial charge in [-0.3, -0.25) is 4.79 Å². The maximum absolute atomic E-state index is 14.0. The molecule has 0 radical (unpaired) electrons. The second-order valence-corrected chi connectivity index (χ2v) is 17.5. The van der Waals surface area contributed by atoms with Crippen LogP contribution in [0.2, 0.25) is 0 Å². The number of aliphatic hydroxyl groups excluding tert-OH is 1. The molecule has 10 saturated carbocycles. The lowest BCUT2D eigenvalue weighted by atomic mass is 9.54. The molecule has 0 amide bonds. The fraction of sp³-hybridized carbons (Fsp3) is 0.944. The second-order valence-electron chi connectivity index (χ2n) is 17.5. The Kier molecular flexibility index (Phi) is 7.46. The van der Waals surface area contributed by atoms with Crippen LogP contribution in [0.15, 0.2) is 0 Å².